The zero-order chi connectivity index (χ0) is 17.5. The summed E-state index contributed by atoms with van der Waals surface area (Å²) in [5.74, 6) is 0.0669. The molecule has 5 heteroatoms. The quantitative estimate of drug-likeness (QED) is 0.801. The number of carbonyl (C=O) groups is 2. The van der Waals surface area contributed by atoms with E-state index in [1.54, 1.807) is 13.2 Å². The lowest BCUT2D eigenvalue weighted by Gasteiger charge is -2.15. The molecule has 0 heterocycles. The third-order valence-electron chi connectivity index (χ3n) is 3.59. The van der Waals surface area contributed by atoms with Gasteiger partial charge in [-0.25, -0.2) is 0 Å². The Morgan fingerprint density at radius 3 is 2.54 bits per heavy atom. The highest BCUT2D eigenvalue weighted by molar-refractivity contribution is 6.03. The van der Waals surface area contributed by atoms with Gasteiger partial charge < -0.3 is 15.4 Å². The molecule has 0 aromatic heterocycles. The Morgan fingerprint density at radius 2 is 1.83 bits per heavy atom. The third-order valence-corrected chi connectivity index (χ3v) is 3.59. The fourth-order valence-electron chi connectivity index (χ4n) is 2.36. The Bertz CT molecular complexity index is 728. The first-order valence-corrected chi connectivity index (χ1v) is 7.78. The first-order valence-electron chi connectivity index (χ1n) is 7.78. The van der Waals surface area contributed by atoms with E-state index in [1.807, 2.05) is 56.3 Å². The van der Waals surface area contributed by atoms with Gasteiger partial charge in [0.05, 0.1) is 13.2 Å². The summed E-state index contributed by atoms with van der Waals surface area (Å²) in [6, 6.07) is 14.7. The number of hydrogen-bond acceptors (Lipinski definition) is 3. The van der Waals surface area contributed by atoms with E-state index in [9.17, 15) is 9.59 Å². The fraction of sp³-hybridized carbons (Fsp3) is 0.263. The van der Waals surface area contributed by atoms with Crippen LogP contribution in [0.4, 0.5) is 5.69 Å². The average Bonchev–Trinajstić information content (AvgIpc) is 2.54. The van der Waals surface area contributed by atoms with Gasteiger partial charge in [-0.3, -0.25) is 9.59 Å². The number of rotatable bonds is 6. The number of aryl methyl sites for hydroxylation is 1. The van der Waals surface area contributed by atoms with E-state index in [4.69, 9.17) is 4.74 Å². The first kappa shape index (κ1) is 17.5. The molecule has 24 heavy (non-hydrogen) atoms. The number of benzene rings is 2. The van der Waals surface area contributed by atoms with Crippen molar-refractivity contribution in [1.82, 2.24) is 5.32 Å². The highest BCUT2D eigenvalue weighted by Crippen LogP contribution is 2.18. The maximum absolute atomic E-state index is 12.0. The molecular weight excluding hydrogens is 304 g/mol. The maximum atomic E-state index is 12.0. The lowest BCUT2D eigenvalue weighted by Crippen LogP contribution is -2.30. The zero-order valence-electron chi connectivity index (χ0n) is 14.1. The molecule has 1 atom stereocenters. The summed E-state index contributed by atoms with van der Waals surface area (Å²) >= 11 is 0. The number of anilines is 1. The molecule has 0 aliphatic heterocycles. The molecule has 2 aromatic carbocycles. The van der Waals surface area contributed by atoms with Crippen LogP contribution in [-0.4, -0.2) is 18.9 Å². The van der Waals surface area contributed by atoms with Crippen LogP contribution >= 0.6 is 0 Å². The number of methoxy groups -OCH3 is 1. The van der Waals surface area contributed by atoms with Crippen molar-refractivity contribution in [1.29, 1.82) is 0 Å². The van der Waals surface area contributed by atoms with Crippen molar-refractivity contribution in [3.05, 3.63) is 59.7 Å². The molecule has 0 unspecified atom stereocenters. The van der Waals surface area contributed by atoms with Gasteiger partial charge >= 0.3 is 0 Å². The van der Waals surface area contributed by atoms with Crippen molar-refractivity contribution in [3.63, 3.8) is 0 Å². The van der Waals surface area contributed by atoms with Crippen LogP contribution in [-0.2, 0) is 9.59 Å². The summed E-state index contributed by atoms with van der Waals surface area (Å²) in [6.07, 6.45) is -0.220. The Balaban J connectivity index is 1.88. The van der Waals surface area contributed by atoms with Crippen LogP contribution in [0.5, 0.6) is 5.75 Å². The first-order chi connectivity index (χ1) is 11.5. The molecule has 0 spiro atoms. The van der Waals surface area contributed by atoms with Crippen LogP contribution in [0.25, 0.3) is 0 Å². The second kappa shape index (κ2) is 8.15. The summed E-state index contributed by atoms with van der Waals surface area (Å²) in [6.45, 7) is 3.81. The molecule has 2 N–H and O–H groups in total. The molecular formula is C19H22N2O3. The zero-order valence-corrected chi connectivity index (χ0v) is 14.1. The molecule has 126 valence electrons. The average molecular weight is 326 g/mol. The number of ether oxygens (including phenoxy) is 1. The van der Waals surface area contributed by atoms with Gasteiger partial charge in [0.1, 0.15) is 12.2 Å². The van der Waals surface area contributed by atoms with Crippen molar-refractivity contribution in [2.24, 2.45) is 0 Å². The van der Waals surface area contributed by atoms with Gasteiger partial charge in [0.15, 0.2) is 0 Å². The SMILES string of the molecule is COc1cccc([C@@H](C)NC(=O)CC(=O)Nc2cccc(C)c2)c1. The lowest BCUT2D eigenvalue weighted by atomic mass is 10.1. The van der Waals surface area contributed by atoms with Crippen molar-refractivity contribution in [2.45, 2.75) is 26.3 Å². The molecule has 0 saturated carbocycles. The molecule has 0 fully saturated rings. The smallest absolute Gasteiger partial charge is 0.233 e. The number of amides is 2. The standard InChI is InChI=1S/C19H22N2O3/c1-13-6-4-8-16(10-13)21-19(23)12-18(22)20-14(2)15-7-5-9-17(11-15)24-3/h4-11,14H,12H2,1-3H3,(H,20,22)(H,21,23)/t14-/m1/s1. The maximum Gasteiger partial charge on any atom is 0.233 e. The second-order valence-electron chi connectivity index (χ2n) is 5.66. The van der Waals surface area contributed by atoms with E-state index in [1.165, 1.54) is 0 Å². The Labute approximate surface area is 142 Å². The Hall–Kier alpha value is -2.82. The van der Waals surface area contributed by atoms with E-state index in [0.29, 0.717) is 5.69 Å². The molecule has 0 aliphatic rings. The normalized spacial score (nSPS) is 11.5. The van der Waals surface area contributed by atoms with Crippen LogP contribution in [0.15, 0.2) is 48.5 Å². The minimum Gasteiger partial charge on any atom is -0.497 e. The van der Waals surface area contributed by atoms with E-state index in [2.05, 4.69) is 10.6 Å². The third kappa shape index (κ3) is 5.12. The summed E-state index contributed by atoms with van der Waals surface area (Å²) in [5.41, 5.74) is 2.65. The van der Waals surface area contributed by atoms with Gasteiger partial charge in [-0.1, -0.05) is 24.3 Å². The Morgan fingerprint density at radius 1 is 1.08 bits per heavy atom. The van der Waals surface area contributed by atoms with Gasteiger partial charge in [-0.15, -0.1) is 0 Å². The summed E-state index contributed by atoms with van der Waals surface area (Å²) in [4.78, 5) is 24.0. The van der Waals surface area contributed by atoms with Crippen LogP contribution in [0.2, 0.25) is 0 Å². The minimum absolute atomic E-state index is 0.209. The van der Waals surface area contributed by atoms with Crippen molar-refractivity contribution in [2.75, 3.05) is 12.4 Å². The molecule has 0 radical (unpaired) electrons. The monoisotopic (exact) mass is 326 g/mol. The van der Waals surface area contributed by atoms with Gasteiger partial charge in [0.25, 0.3) is 0 Å². The summed E-state index contributed by atoms with van der Waals surface area (Å²) in [7, 11) is 1.60. The Kier molecular flexibility index (Phi) is 5.95. The second-order valence-corrected chi connectivity index (χ2v) is 5.66. The predicted molar refractivity (Wildman–Crippen MR) is 94.0 cm³/mol. The van der Waals surface area contributed by atoms with E-state index < -0.39 is 0 Å². The topological polar surface area (TPSA) is 67.4 Å². The van der Waals surface area contributed by atoms with Crippen LogP contribution in [0, 0.1) is 6.92 Å². The van der Waals surface area contributed by atoms with Crippen LogP contribution < -0.4 is 15.4 Å². The molecule has 2 rings (SSSR count). The summed E-state index contributed by atoms with van der Waals surface area (Å²) < 4.78 is 5.17. The lowest BCUT2D eigenvalue weighted by molar-refractivity contribution is -0.127. The van der Waals surface area contributed by atoms with E-state index >= 15 is 0 Å². The molecule has 0 aliphatic carbocycles. The number of hydrogen-bond donors (Lipinski definition) is 2. The number of nitrogens with one attached hydrogen (secondary N) is 2. The van der Waals surface area contributed by atoms with Gasteiger partial charge in [0.2, 0.25) is 11.8 Å². The van der Waals surface area contributed by atoms with Crippen molar-refractivity contribution >= 4 is 17.5 Å². The van der Waals surface area contributed by atoms with Crippen molar-refractivity contribution in [3.8, 4) is 5.75 Å². The van der Waals surface area contributed by atoms with Gasteiger partial charge in [-0.05, 0) is 49.2 Å². The molecule has 5 nitrogen and oxygen atoms in total. The highest BCUT2D eigenvalue weighted by atomic mass is 16.5. The van der Waals surface area contributed by atoms with Crippen LogP contribution in [0.1, 0.15) is 30.5 Å². The van der Waals surface area contributed by atoms with E-state index in [-0.39, 0.29) is 24.3 Å². The summed E-state index contributed by atoms with van der Waals surface area (Å²) in [5, 5.41) is 5.55. The highest BCUT2D eigenvalue weighted by Gasteiger charge is 2.14. The number of carbonyl (C=O) groups excluding carboxylic acids is 2. The molecule has 2 aromatic rings. The molecule has 2 amide bonds. The van der Waals surface area contributed by atoms with Crippen molar-refractivity contribution < 1.29 is 14.3 Å². The fourth-order valence-corrected chi connectivity index (χ4v) is 2.36. The van der Waals surface area contributed by atoms with Gasteiger partial charge in [-0.2, -0.15) is 0 Å². The van der Waals surface area contributed by atoms with Crippen LogP contribution in [0.3, 0.4) is 0 Å². The largest absolute Gasteiger partial charge is 0.497 e. The minimum atomic E-state index is -0.337. The predicted octanol–water partition coefficient (Wildman–Crippen LogP) is 3.21. The van der Waals surface area contributed by atoms with E-state index in [0.717, 1.165) is 16.9 Å². The molecule has 0 bridgehead atoms. The molecule has 0 saturated heterocycles. The van der Waals surface area contributed by atoms with Gasteiger partial charge in [0, 0.05) is 5.69 Å².